The fraction of sp³-hybridized carbons (Fsp3) is 0.364. The summed E-state index contributed by atoms with van der Waals surface area (Å²) in [6.07, 6.45) is 1.68. The lowest BCUT2D eigenvalue weighted by Gasteiger charge is -2.35. The van der Waals surface area contributed by atoms with Gasteiger partial charge in [0.1, 0.15) is 17.4 Å². The first-order valence-corrected chi connectivity index (χ1v) is 9.45. The van der Waals surface area contributed by atoms with Crippen molar-refractivity contribution in [3.05, 3.63) is 64.2 Å². The number of ether oxygens (including phenoxy) is 1. The monoisotopic (exact) mass is 402 g/mol. The number of carbonyl (C=O) groups excluding carboxylic acids is 2. The highest BCUT2D eigenvalue weighted by Crippen LogP contribution is 2.30. The number of hydrogen-bond acceptors (Lipinski definition) is 3. The summed E-state index contributed by atoms with van der Waals surface area (Å²) in [6, 6.07) is 5.98. The third kappa shape index (κ3) is 4.39. The van der Waals surface area contributed by atoms with Gasteiger partial charge in [-0.1, -0.05) is 0 Å². The number of nitrogens with zero attached hydrogens (tertiary/aromatic N) is 1. The Morgan fingerprint density at radius 3 is 2.38 bits per heavy atom. The molecule has 0 atom stereocenters. The van der Waals surface area contributed by atoms with E-state index in [4.69, 9.17) is 4.74 Å². The average molecular weight is 402 g/mol. The molecule has 154 valence electrons. The largest absolute Gasteiger partial charge is 0.493 e. The van der Waals surface area contributed by atoms with Gasteiger partial charge < -0.3 is 4.74 Å². The number of hydrazine groups is 1. The molecule has 2 aromatic carbocycles. The summed E-state index contributed by atoms with van der Waals surface area (Å²) in [4.78, 5) is 25.9. The molecule has 0 bridgehead atoms. The minimum absolute atomic E-state index is 0.187. The second-order valence-electron chi connectivity index (χ2n) is 8.08. The van der Waals surface area contributed by atoms with Crippen molar-refractivity contribution in [2.75, 3.05) is 6.61 Å². The maximum Gasteiger partial charge on any atom is 0.272 e. The Labute approximate surface area is 168 Å². The van der Waals surface area contributed by atoms with Crippen molar-refractivity contribution >= 4 is 11.8 Å². The first-order valence-electron chi connectivity index (χ1n) is 9.45. The van der Waals surface area contributed by atoms with E-state index < -0.39 is 29.0 Å². The number of hydrogen-bond donors (Lipinski definition) is 1. The van der Waals surface area contributed by atoms with E-state index in [1.807, 2.05) is 6.92 Å². The molecule has 3 rings (SSSR count). The highest BCUT2D eigenvalue weighted by Gasteiger charge is 2.31. The molecule has 1 heterocycles. The van der Waals surface area contributed by atoms with Crippen LogP contribution in [0.25, 0.3) is 0 Å². The molecular formula is C22H24F2N2O3. The maximum absolute atomic E-state index is 13.6. The van der Waals surface area contributed by atoms with Crippen LogP contribution in [0.4, 0.5) is 8.78 Å². The van der Waals surface area contributed by atoms with Crippen LogP contribution < -0.4 is 10.2 Å². The minimum Gasteiger partial charge on any atom is -0.493 e. The van der Waals surface area contributed by atoms with Crippen LogP contribution in [-0.2, 0) is 6.42 Å². The van der Waals surface area contributed by atoms with Gasteiger partial charge in [-0.2, -0.15) is 0 Å². The molecule has 0 spiro atoms. The zero-order valence-electron chi connectivity index (χ0n) is 16.9. The molecule has 0 fully saturated rings. The third-order valence-corrected chi connectivity index (χ3v) is 4.83. The molecule has 0 saturated carbocycles. The predicted molar refractivity (Wildman–Crippen MR) is 105 cm³/mol. The van der Waals surface area contributed by atoms with Crippen molar-refractivity contribution < 1.29 is 23.1 Å². The normalized spacial score (nSPS) is 13.3. The van der Waals surface area contributed by atoms with Crippen molar-refractivity contribution in [2.45, 2.75) is 46.1 Å². The lowest BCUT2D eigenvalue weighted by Crippen LogP contribution is -2.56. The molecule has 1 N–H and O–H groups in total. The standard InChI is InChI=1S/C22H24F2N2O3/c1-13-17-6-5-9-29-19(17)8-7-18(13)20(27)25-26(22(2,3)4)21(28)14-10-15(23)12-16(24)11-14/h7-8,10-12H,5-6,9H2,1-4H3,(H,25,27). The van der Waals surface area contributed by atoms with Gasteiger partial charge >= 0.3 is 0 Å². The zero-order chi connectivity index (χ0) is 21.3. The quantitative estimate of drug-likeness (QED) is 0.767. The van der Waals surface area contributed by atoms with E-state index in [-0.39, 0.29) is 5.56 Å². The lowest BCUT2D eigenvalue weighted by atomic mass is 9.96. The van der Waals surface area contributed by atoms with E-state index in [2.05, 4.69) is 5.43 Å². The summed E-state index contributed by atoms with van der Waals surface area (Å²) in [5.74, 6) is -2.14. The van der Waals surface area contributed by atoms with Crippen molar-refractivity contribution in [2.24, 2.45) is 0 Å². The average Bonchev–Trinajstić information content (AvgIpc) is 2.64. The number of halogens is 2. The predicted octanol–water partition coefficient (Wildman–Crippen LogP) is 4.18. The number of nitrogens with one attached hydrogen (secondary N) is 1. The van der Waals surface area contributed by atoms with E-state index >= 15 is 0 Å². The Kier molecular flexibility index (Phi) is 5.59. The second-order valence-corrected chi connectivity index (χ2v) is 8.08. The summed E-state index contributed by atoms with van der Waals surface area (Å²) < 4.78 is 32.8. The van der Waals surface area contributed by atoms with Gasteiger partial charge in [0.05, 0.1) is 12.1 Å². The highest BCUT2D eigenvalue weighted by atomic mass is 19.1. The number of rotatable bonds is 2. The molecule has 1 aliphatic heterocycles. The van der Waals surface area contributed by atoms with Crippen LogP contribution in [0.5, 0.6) is 5.75 Å². The number of carbonyl (C=O) groups is 2. The summed E-state index contributed by atoms with van der Waals surface area (Å²) in [7, 11) is 0. The summed E-state index contributed by atoms with van der Waals surface area (Å²) in [5.41, 5.74) is 3.78. The molecule has 0 unspecified atom stereocenters. The molecule has 0 aliphatic carbocycles. The molecule has 7 heteroatoms. The van der Waals surface area contributed by atoms with Crippen LogP contribution in [-0.4, -0.2) is 29.0 Å². The molecule has 5 nitrogen and oxygen atoms in total. The Balaban J connectivity index is 1.91. The zero-order valence-corrected chi connectivity index (χ0v) is 16.9. The molecule has 2 aromatic rings. The van der Waals surface area contributed by atoms with E-state index in [0.717, 1.165) is 46.9 Å². The number of benzene rings is 2. The van der Waals surface area contributed by atoms with E-state index in [9.17, 15) is 18.4 Å². The Morgan fingerprint density at radius 1 is 1.10 bits per heavy atom. The molecule has 29 heavy (non-hydrogen) atoms. The summed E-state index contributed by atoms with van der Waals surface area (Å²) in [6.45, 7) is 7.64. The van der Waals surface area contributed by atoms with Gasteiger partial charge in [0.15, 0.2) is 0 Å². The smallest absolute Gasteiger partial charge is 0.272 e. The third-order valence-electron chi connectivity index (χ3n) is 4.83. The minimum atomic E-state index is -0.862. The van der Waals surface area contributed by atoms with E-state index in [0.29, 0.717) is 18.2 Å². The Hall–Kier alpha value is -2.96. The van der Waals surface area contributed by atoms with Crippen molar-refractivity contribution in [3.8, 4) is 5.75 Å². The van der Waals surface area contributed by atoms with Gasteiger partial charge in [-0.05, 0) is 75.9 Å². The molecule has 0 radical (unpaired) electrons. The van der Waals surface area contributed by atoms with Crippen LogP contribution in [0, 0.1) is 18.6 Å². The van der Waals surface area contributed by atoms with Crippen LogP contribution in [0.2, 0.25) is 0 Å². The highest BCUT2D eigenvalue weighted by molar-refractivity contribution is 6.00. The van der Waals surface area contributed by atoms with Gasteiger partial charge in [-0.25, -0.2) is 13.8 Å². The van der Waals surface area contributed by atoms with Crippen LogP contribution >= 0.6 is 0 Å². The van der Waals surface area contributed by atoms with Gasteiger partial charge in [0.2, 0.25) is 0 Å². The van der Waals surface area contributed by atoms with Crippen LogP contribution in [0.15, 0.2) is 30.3 Å². The maximum atomic E-state index is 13.6. The van der Waals surface area contributed by atoms with Gasteiger partial charge in [-0.15, -0.1) is 0 Å². The van der Waals surface area contributed by atoms with Gasteiger partial charge in [-0.3, -0.25) is 15.0 Å². The Morgan fingerprint density at radius 2 is 1.76 bits per heavy atom. The molecule has 0 aromatic heterocycles. The van der Waals surface area contributed by atoms with Crippen LogP contribution in [0.3, 0.4) is 0 Å². The Bertz CT molecular complexity index is 947. The molecular weight excluding hydrogens is 378 g/mol. The fourth-order valence-electron chi connectivity index (χ4n) is 3.35. The summed E-state index contributed by atoms with van der Waals surface area (Å²) in [5, 5.41) is 1.10. The van der Waals surface area contributed by atoms with E-state index in [1.54, 1.807) is 32.9 Å². The number of fused-ring (bicyclic) bond motifs is 1. The molecule has 1 aliphatic rings. The topological polar surface area (TPSA) is 58.6 Å². The molecule has 2 amide bonds. The van der Waals surface area contributed by atoms with E-state index in [1.165, 1.54) is 0 Å². The summed E-state index contributed by atoms with van der Waals surface area (Å²) >= 11 is 0. The number of amides is 2. The van der Waals surface area contributed by atoms with Crippen LogP contribution in [0.1, 0.15) is 59.0 Å². The van der Waals surface area contributed by atoms with Crippen molar-refractivity contribution in [1.82, 2.24) is 10.4 Å². The lowest BCUT2D eigenvalue weighted by molar-refractivity contribution is 0.0357. The molecule has 0 saturated heterocycles. The van der Waals surface area contributed by atoms with Crippen molar-refractivity contribution in [1.29, 1.82) is 0 Å². The van der Waals surface area contributed by atoms with Gasteiger partial charge in [0, 0.05) is 17.2 Å². The fourth-order valence-corrected chi connectivity index (χ4v) is 3.35. The SMILES string of the molecule is Cc1c(C(=O)NN(C(=O)c2cc(F)cc(F)c2)C(C)(C)C)ccc2c1CCCO2. The van der Waals surface area contributed by atoms with Gasteiger partial charge in [0.25, 0.3) is 11.8 Å². The first kappa shape index (κ1) is 20.8. The van der Waals surface area contributed by atoms with Crippen molar-refractivity contribution in [3.63, 3.8) is 0 Å². The first-order chi connectivity index (χ1) is 13.6. The second kappa shape index (κ2) is 7.81.